The molecule has 0 saturated carbocycles. The van der Waals surface area contributed by atoms with Crippen LogP contribution in [0.4, 0.5) is 5.69 Å². The minimum absolute atomic E-state index is 0.0420. The number of anilines is 1. The van der Waals surface area contributed by atoms with Crippen LogP contribution in [0.15, 0.2) is 54.6 Å². The lowest BCUT2D eigenvalue weighted by molar-refractivity contribution is 0.102. The van der Waals surface area contributed by atoms with E-state index in [2.05, 4.69) is 11.9 Å². The van der Waals surface area contributed by atoms with Gasteiger partial charge in [0.15, 0.2) is 0 Å². The van der Waals surface area contributed by atoms with Crippen LogP contribution in [0.25, 0.3) is 0 Å². The van der Waals surface area contributed by atoms with Crippen molar-refractivity contribution >= 4 is 11.6 Å². The van der Waals surface area contributed by atoms with Crippen LogP contribution in [0.1, 0.15) is 22.8 Å². The molecule has 2 aromatic carbocycles. The van der Waals surface area contributed by atoms with Crippen LogP contribution in [0, 0.1) is 6.92 Å². The van der Waals surface area contributed by atoms with E-state index in [1.54, 1.807) is 42.5 Å². The molecule has 0 unspecified atom stereocenters. The summed E-state index contributed by atoms with van der Waals surface area (Å²) in [5, 5.41) is 12.4. The maximum absolute atomic E-state index is 12.2. The van der Waals surface area contributed by atoms with Crippen molar-refractivity contribution in [1.82, 2.24) is 0 Å². The normalized spacial score (nSPS) is 10.1. The Hall–Kier alpha value is -2.75. The number of amides is 1. The second kappa shape index (κ2) is 6.80. The number of aromatic hydroxyl groups is 1. The van der Waals surface area contributed by atoms with Crippen LogP contribution in [0.3, 0.4) is 0 Å². The Morgan fingerprint density at radius 1 is 1.23 bits per heavy atom. The first-order chi connectivity index (χ1) is 10.5. The van der Waals surface area contributed by atoms with Gasteiger partial charge in [0.1, 0.15) is 18.1 Å². The summed E-state index contributed by atoms with van der Waals surface area (Å²) in [6.07, 6.45) is 0. The number of carbonyl (C=O) groups excluding carboxylic acids is 1. The van der Waals surface area contributed by atoms with Crippen molar-refractivity contribution in [3.05, 3.63) is 65.7 Å². The zero-order chi connectivity index (χ0) is 16.1. The Morgan fingerprint density at radius 2 is 1.91 bits per heavy atom. The van der Waals surface area contributed by atoms with E-state index in [0.29, 0.717) is 23.6 Å². The summed E-state index contributed by atoms with van der Waals surface area (Å²) in [7, 11) is 0. The predicted molar refractivity (Wildman–Crippen MR) is 87.5 cm³/mol. The SMILES string of the molecule is C=C(C)COc1ccc(C(=O)Nc2cc(C)ccc2O)cc1. The zero-order valence-electron chi connectivity index (χ0n) is 12.7. The van der Waals surface area contributed by atoms with E-state index in [0.717, 1.165) is 11.1 Å². The van der Waals surface area contributed by atoms with Gasteiger partial charge in [-0.3, -0.25) is 4.79 Å². The first-order valence-electron chi connectivity index (χ1n) is 6.94. The number of phenols is 1. The molecule has 0 aliphatic heterocycles. The van der Waals surface area contributed by atoms with Gasteiger partial charge in [-0.1, -0.05) is 12.6 Å². The molecule has 0 bridgehead atoms. The van der Waals surface area contributed by atoms with Gasteiger partial charge in [0.05, 0.1) is 5.69 Å². The molecule has 0 atom stereocenters. The predicted octanol–water partition coefficient (Wildman–Crippen LogP) is 3.91. The number of benzene rings is 2. The molecule has 0 aromatic heterocycles. The number of aryl methyl sites for hydroxylation is 1. The van der Waals surface area contributed by atoms with Crippen molar-refractivity contribution in [3.63, 3.8) is 0 Å². The van der Waals surface area contributed by atoms with E-state index in [1.807, 2.05) is 13.8 Å². The molecular formula is C18H19NO3. The number of rotatable bonds is 5. The van der Waals surface area contributed by atoms with Gasteiger partial charge in [-0.05, 0) is 61.4 Å². The highest BCUT2D eigenvalue weighted by Gasteiger charge is 2.09. The number of ether oxygens (including phenoxy) is 1. The van der Waals surface area contributed by atoms with E-state index in [9.17, 15) is 9.90 Å². The molecular weight excluding hydrogens is 278 g/mol. The van der Waals surface area contributed by atoms with Crippen LogP contribution in [0.2, 0.25) is 0 Å². The van der Waals surface area contributed by atoms with Gasteiger partial charge in [0.25, 0.3) is 5.91 Å². The van der Waals surface area contributed by atoms with Gasteiger partial charge in [-0.2, -0.15) is 0 Å². The fourth-order valence-electron chi connectivity index (χ4n) is 1.85. The largest absolute Gasteiger partial charge is 0.506 e. The Morgan fingerprint density at radius 3 is 2.55 bits per heavy atom. The minimum Gasteiger partial charge on any atom is -0.506 e. The number of carbonyl (C=O) groups is 1. The van der Waals surface area contributed by atoms with Crippen molar-refractivity contribution in [2.45, 2.75) is 13.8 Å². The summed E-state index contributed by atoms with van der Waals surface area (Å²) < 4.78 is 5.48. The molecule has 2 rings (SSSR count). The third-order valence-corrected chi connectivity index (χ3v) is 3.00. The molecule has 4 heteroatoms. The molecule has 0 spiro atoms. The quantitative estimate of drug-likeness (QED) is 0.650. The van der Waals surface area contributed by atoms with Gasteiger partial charge in [-0.15, -0.1) is 0 Å². The number of hydrogen-bond acceptors (Lipinski definition) is 3. The molecule has 22 heavy (non-hydrogen) atoms. The van der Waals surface area contributed by atoms with Crippen molar-refractivity contribution in [2.24, 2.45) is 0 Å². The number of phenolic OH excluding ortho intramolecular Hbond substituents is 1. The Labute approximate surface area is 130 Å². The maximum Gasteiger partial charge on any atom is 0.255 e. The molecule has 2 N–H and O–H groups in total. The standard InChI is InChI=1S/C18H19NO3/c1-12(2)11-22-15-7-5-14(6-8-15)18(21)19-16-10-13(3)4-9-17(16)20/h4-10,20H,1,11H2,2-3H3,(H,19,21). The van der Waals surface area contributed by atoms with Crippen LogP contribution in [0.5, 0.6) is 11.5 Å². The van der Waals surface area contributed by atoms with Crippen molar-refractivity contribution in [1.29, 1.82) is 0 Å². The highest BCUT2D eigenvalue weighted by Crippen LogP contribution is 2.24. The number of nitrogens with one attached hydrogen (secondary N) is 1. The van der Waals surface area contributed by atoms with Crippen LogP contribution < -0.4 is 10.1 Å². The summed E-state index contributed by atoms with van der Waals surface area (Å²) in [6.45, 7) is 7.99. The number of hydrogen-bond donors (Lipinski definition) is 2. The Balaban J connectivity index is 2.06. The van der Waals surface area contributed by atoms with Crippen LogP contribution in [-0.4, -0.2) is 17.6 Å². The van der Waals surface area contributed by atoms with E-state index >= 15 is 0 Å². The summed E-state index contributed by atoms with van der Waals surface area (Å²) in [6, 6.07) is 11.9. The average Bonchev–Trinajstić information content (AvgIpc) is 2.49. The molecule has 0 saturated heterocycles. The second-order valence-corrected chi connectivity index (χ2v) is 5.24. The molecule has 0 heterocycles. The fourth-order valence-corrected chi connectivity index (χ4v) is 1.85. The highest BCUT2D eigenvalue weighted by molar-refractivity contribution is 6.05. The van der Waals surface area contributed by atoms with E-state index in [4.69, 9.17) is 4.74 Å². The van der Waals surface area contributed by atoms with Crippen molar-refractivity contribution in [2.75, 3.05) is 11.9 Å². The van der Waals surface area contributed by atoms with Gasteiger partial charge in [0.2, 0.25) is 0 Å². The maximum atomic E-state index is 12.2. The van der Waals surface area contributed by atoms with Crippen molar-refractivity contribution < 1.29 is 14.6 Å². The van der Waals surface area contributed by atoms with E-state index in [1.165, 1.54) is 0 Å². The molecule has 1 amide bonds. The lowest BCUT2D eigenvalue weighted by Crippen LogP contribution is -2.12. The summed E-state index contributed by atoms with van der Waals surface area (Å²) >= 11 is 0. The first-order valence-corrected chi connectivity index (χ1v) is 6.94. The molecule has 2 aromatic rings. The van der Waals surface area contributed by atoms with Gasteiger partial charge < -0.3 is 15.2 Å². The van der Waals surface area contributed by atoms with Crippen LogP contribution in [-0.2, 0) is 0 Å². The zero-order valence-corrected chi connectivity index (χ0v) is 12.7. The van der Waals surface area contributed by atoms with Gasteiger partial charge >= 0.3 is 0 Å². The topological polar surface area (TPSA) is 58.6 Å². The minimum atomic E-state index is -0.285. The lowest BCUT2D eigenvalue weighted by atomic mass is 10.1. The lowest BCUT2D eigenvalue weighted by Gasteiger charge is -2.09. The Kier molecular flexibility index (Phi) is 4.84. The second-order valence-electron chi connectivity index (χ2n) is 5.24. The first kappa shape index (κ1) is 15.6. The molecule has 4 nitrogen and oxygen atoms in total. The fraction of sp³-hybridized carbons (Fsp3) is 0.167. The Bertz CT molecular complexity index is 690. The molecule has 0 radical (unpaired) electrons. The monoisotopic (exact) mass is 297 g/mol. The summed E-state index contributed by atoms with van der Waals surface area (Å²) in [5.41, 5.74) is 2.77. The van der Waals surface area contributed by atoms with E-state index in [-0.39, 0.29) is 11.7 Å². The third kappa shape index (κ3) is 4.12. The van der Waals surface area contributed by atoms with Crippen molar-refractivity contribution in [3.8, 4) is 11.5 Å². The molecule has 0 fully saturated rings. The van der Waals surface area contributed by atoms with Crippen LogP contribution >= 0.6 is 0 Å². The van der Waals surface area contributed by atoms with Gasteiger partial charge in [0, 0.05) is 5.56 Å². The van der Waals surface area contributed by atoms with Gasteiger partial charge in [-0.25, -0.2) is 0 Å². The highest BCUT2D eigenvalue weighted by atomic mass is 16.5. The summed E-state index contributed by atoms with van der Waals surface area (Å²) in [4.78, 5) is 12.2. The third-order valence-electron chi connectivity index (χ3n) is 3.00. The molecule has 114 valence electrons. The molecule has 0 aliphatic carbocycles. The van der Waals surface area contributed by atoms with E-state index < -0.39 is 0 Å². The molecule has 0 aliphatic rings. The smallest absolute Gasteiger partial charge is 0.255 e. The summed E-state index contributed by atoms with van der Waals surface area (Å²) in [5.74, 6) is 0.436. The average molecular weight is 297 g/mol.